The monoisotopic (exact) mass is 527 g/mol. The lowest BCUT2D eigenvalue weighted by Gasteiger charge is -2.17. The largest absolute Gasteiger partial charge is 0.457 e. The van der Waals surface area contributed by atoms with Gasteiger partial charge < -0.3 is 13.8 Å². The highest BCUT2D eigenvalue weighted by Gasteiger charge is 2.37. The molecule has 0 saturated carbocycles. The predicted octanol–water partition coefficient (Wildman–Crippen LogP) is 4.20. The second kappa shape index (κ2) is 10.5. The number of hydrogen-bond donors (Lipinski definition) is 0. The maximum atomic E-state index is 12.5. The fourth-order valence-electron chi connectivity index (χ4n) is 3.68. The molecule has 1 saturated heterocycles. The topological polar surface area (TPSA) is 107 Å². The van der Waals surface area contributed by atoms with Crippen LogP contribution in [-0.4, -0.2) is 39.2 Å². The van der Waals surface area contributed by atoms with Gasteiger partial charge in [-0.1, -0.05) is 41.4 Å². The zero-order valence-electron chi connectivity index (χ0n) is 19.2. The van der Waals surface area contributed by atoms with Gasteiger partial charge in [0.2, 0.25) is 5.91 Å². The molecule has 1 amide bonds. The van der Waals surface area contributed by atoms with Gasteiger partial charge in [0, 0.05) is 18.5 Å². The summed E-state index contributed by atoms with van der Waals surface area (Å²) in [5.74, 6) is -2.08. The van der Waals surface area contributed by atoms with E-state index < -0.39 is 34.4 Å². The van der Waals surface area contributed by atoms with Crippen LogP contribution in [0, 0.1) is 12.8 Å². The fourth-order valence-corrected chi connectivity index (χ4v) is 4.85. The Morgan fingerprint density at radius 3 is 2.33 bits per heavy atom. The number of carbonyl (C=O) groups is 3. The van der Waals surface area contributed by atoms with Gasteiger partial charge in [0.25, 0.3) is 0 Å². The Morgan fingerprint density at radius 1 is 1.00 bits per heavy atom. The van der Waals surface area contributed by atoms with E-state index in [1.165, 1.54) is 41.3 Å². The van der Waals surface area contributed by atoms with E-state index in [0.717, 1.165) is 5.56 Å². The quantitative estimate of drug-likeness (QED) is 0.245. The van der Waals surface area contributed by atoms with Crippen molar-refractivity contribution in [3.05, 3.63) is 88.9 Å². The number of para-hydroxylation sites is 1. The Morgan fingerprint density at radius 2 is 1.67 bits per heavy atom. The number of amides is 1. The summed E-state index contributed by atoms with van der Waals surface area (Å²) in [5.41, 5.74) is 1.64. The summed E-state index contributed by atoms with van der Waals surface area (Å²) in [6.07, 6.45) is -0.0419. The predicted molar refractivity (Wildman–Crippen MR) is 133 cm³/mol. The van der Waals surface area contributed by atoms with Crippen LogP contribution in [0.3, 0.4) is 0 Å². The van der Waals surface area contributed by atoms with E-state index in [-0.39, 0.29) is 35.1 Å². The lowest BCUT2D eigenvalue weighted by molar-refractivity contribution is -0.147. The van der Waals surface area contributed by atoms with E-state index in [2.05, 4.69) is 0 Å². The van der Waals surface area contributed by atoms with Crippen molar-refractivity contribution >= 4 is 45.1 Å². The molecule has 1 heterocycles. The van der Waals surface area contributed by atoms with Gasteiger partial charge in [0.05, 0.1) is 16.6 Å². The lowest BCUT2D eigenvalue weighted by Crippen LogP contribution is -2.27. The third-order valence-electron chi connectivity index (χ3n) is 5.64. The molecule has 8 nitrogen and oxygen atoms in total. The number of carbonyl (C=O) groups excluding carboxylic acids is 3. The number of benzene rings is 3. The first-order valence-corrected chi connectivity index (χ1v) is 12.8. The molecule has 0 bridgehead atoms. The zero-order valence-corrected chi connectivity index (χ0v) is 20.8. The zero-order chi connectivity index (χ0) is 25.9. The van der Waals surface area contributed by atoms with E-state index in [4.69, 9.17) is 20.5 Å². The van der Waals surface area contributed by atoms with Crippen LogP contribution in [0.5, 0.6) is 5.75 Å². The Kier molecular flexibility index (Phi) is 7.42. The maximum Gasteiger partial charge on any atom is 0.339 e. The molecular formula is C26H22ClNO7S. The molecule has 1 atom stereocenters. The van der Waals surface area contributed by atoms with Crippen LogP contribution in [0.25, 0.3) is 0 Å². The van der Waals surface area contributed by atoms with Gasteiger partial charge in [-0.2, -0.15) is 8.42 Å². The maximum absolute atomic E-state index is 12.5. The summed E-state index contributed by atoms with van der Waals surface area (Å²) >= 11 is 6.15. The van der Waals surface area contributed by atoms with Gasteiger partial charge in [-0.15, -0.1) is 0 Å². The molecule has 0 aliphatic carbocycles. The highest BCUT2D eigenvalue weighted by Crippen LogP contribution is 2.31. The van der Waals surface area contributed by atoms with Crippen molar-refractivity contribution in [3.63, 3.8) is 0 Å². The molecular weight excluding hydrogens is 506 g/mol. The number of ether oxygens (including phenoxy) is 1. The molecule has 0 radical (unpaired) electrons. The number of nitrogens with zero attached hydrogens (tertiary/aromatic N) is 1. The van der Waals surface area contributed by atoms with E-state index in [0.29, 0.717) is 10.7 Å². The number of aryl methyl sites for hydroxylation is 1. The molecule has 0 unspecified atom stereocenters. The fraction of sp³-hybridized carbons (Fsp3) is 0.192. The van der Waals surface area contributed by atoms with Gasteiger partial charge in [-0.05, 0) is 55.5 Å². The Balaban J connectivity index is 1.32. The molecule has 1 aliphatic heterocycles. The molecule has 36 heavy (non-hydrogen) atoms. The van der Waals surface area contributed by atoms with Crippen LogP contribution >= 0.6 is 11.6 Å². The van der Waals surface area contributed by atoms with Gasteiger partial charge in [0.15, 0.2) is 12.4 Å². The summed E-state index contributed by atoms with van der Waals surface area (Å²) in [6, 6.07) is 18.5. The average molecular weight is 528 g/mol. The molecule has 3 aromatic carbocycles. The first-order chi connectivity index (χ1) is 17.1. The SMILES string of the molecule is Cc1ccc(S(=O)(=O)Oc2ccc(C(=O)COC(=O)[C@H]3CC(=O)N(c4ccccc4Cl)C3)cc2)cc1. The highest BCUT2D eigenvalue weighted by atomic mass is 35.5. The number of ketones is 1. The van der Waals surface area contributed by atoms with Gasteiger partial charge >= 0.3 is 16.1 Å². The number of hydrogen-bond acceptors (Lipinski definition) is 7. The van der Waals surface area contributed by atoms with Gasteiger partial charge in [-0.25, -0.2) is 0 Å². The van der Waals surface area contributed by atoms with Crippen LogP contribution in [0.4, 0.5) is 5.69 Å². The van der Waals surface area contributed by atoms with Crippen molar-refractivity contribution in [1.82, 2.24) is 0 Å². The third kappa shape index (κ3) is 5.75. The number of esters is 1. The van der Waals surface area contributed by atoms with Crippen LogP contribution in [0.2, 0.25) is 5.02 Å². The second-order valence-electron chi connectivity index (χ2n) is 8.26. The summed E-state index contributed by atoms with van der Waals surface area (Å²) in [5, 5.41) is 0.397. The van der Waals surface area contributed by atoms with E-state index >= 15 is 0 Å². The van der Waals surface area contributed by atoms with Crippen molar-refractivity contribution in [3.8, 4) is 5.75 Å². The van der Waals surface area contributed by atoms with Crippen molar-refractivity contribution in [1.29, 1.82) is 0 Å². The third-order valence-corrected chi connectivity index (χ3v) is 7.22. The average Bonchev–Trinajstić information content (AvgIpc) is 3.24. The second-order valence-corrected chi connectivity index (χ2v) is 10.2. The van der Waals surface area contributed by atoms with Gasteiger partial charge in [0.1, 0.15) is 10.6 Å². The van der Waals surface area contributed by atoms with Crippen molar-refractivity contribution in [2.24, 2.45) is 5.92 Å². The minimum Gasteiger partial charge on any atom is -0.457 e. The summed E-state index contributed by atoms with van der Waals surface area (Å²) in [7, 11) is -4.02. The highest BCUT2D eigenvalue weighted by molar-refractivity contribution is 7.87. The lowest BCUT2D eigenvalue weighted by atomic mass is 10.1. The minimum atomic E-state index is -4.02. The molecule has 1 fully saturated rings. The standard InChI is InChI=1S/C26H22ClNO7S/c1-17-6-12-21(13-7-17)36(32,33)35-20-10-8-18(9-11-20)24(29)16-34-26(31)19-14-25(30)28(15-19)23-5-3-2-4-22(23)27/h2-13,19H,14-16H2,1H3/t19-/m0/s1. The Labute approximate surface area is 213 Å². The number of rotatable bonds is 8. The molecule has 10 heteroatoms. The van der Waals surface area contributed by atoms with Crippen LogP contribution < -0.4 is 9.08 Å². The number of Topliss-reactive ketones (excluding diaryl/α,β-unsaturated/α-hetero) is 1. The molecule has 186 valence electrons. The Bertz CT molecular complexity index is 1400. The number of halogens is 1. The minimum absolute atomic E-state index is 0.0126. The van der Waals surface area contributed by atoms with Crippen LogP contribution in [0.15, 0.2) is 77.7 Å². The van der Waals surface area contributed by atoms with E-state index in [1.807, 2.05) is 6.92 Å². The molecule has 3 aromatic rings. The van der Waals surface area contributed by atoms with Gasteiger partial charge in [-0.3, -0.25) is 14.4 Å². The van der Waals surface area contributed by atoms with E-state index in [1.54, 1.807) is 36.4 Å². The van der Waals surface area contributed by atoms with Crippen molar-refractivity contribution < 1.29 is 31.7 Å². The summed E-state index contributed by atoms with van der Waals surface area (Å²) < 4.78 is 35.1. The molecule has 1 aliphatic rings. The number of anilines is 1. The van der Waals surface area contributed by atoms with Crippen LogP contribution in [-0.2, 0) is 24.4 Å². The first-order valence-electron chi connectivity index (χ1n) is 11.0. The van der Waals surface area contributed by atoms with Crippen molar-refractivity contribution in [2.75, 3.05) is 18.1 Å². The summed E-state index contributed by atoms with van der Waals surface area (Å²) in [6.45, 7) is 1.43. The summed E-state index contributed by atoms with van der Waals surface area (Å²) in [4.78, 5) is 38.8. The molecule has 0 N–H and O–H groups in total. The van der Waals surface area contributed by atoms with E-state index in [9.17, 15) is 22.8 Å². The molecule has 4 rings (SSSR count). The van der Waals surface area contributed by atoms with Crippen molar-refractivity contribution in [2.45, 2.75) is 18.2 Å². The first kappa shape index (κ1) is 25.4. The normalized spacial score (nSPS) is 15.6. The molecule has 0 spiro atoms. The van der Waals surface area contributed by atoms with Crippen LogP contribution in [0.1, 0.15) is 22.3 Å². The smallest absolute Gasteiger partial charge is 0.339 e. The Hall–Kier alpha value is -3.69. The molecule has 0 aromatic heterocycles.